The lowest BCUT2D eigenvalue weighted by molar-refractivity contribution is 0.159. The molecule has 0 radical (unpaired) electrons. The van der Waals surface area contributed by atoms with E-state index in [-0.39, 0.29) is 11.2 Å². The maximum atomic E-state index is 11.3. The highest BCUT2D eigenvalue weighted by molar-refractivity contribution is 5.88. The van der Waals surface area contributed by atoms with Gasteiger partial charge in [-0.1, -0.05) is 27.7 Å². The molecule has 2 aromatic rings. The van der Waals surface area contributed by atoms with E-state index in [0.29, 0.717) is 5.58 Å². The summed E-state index contributed by atoms with van der Waals surface area (Å²) in [5, 5.41) is 0.899. The Bertz CT molecular complexity index is 678. The van der Waals surface area contributed by atoms with Crippen LogP contribution < -0.4 is 10.4 Å². The molecule has 0 bridgehead atoms. The first kappa shape index (κ1) is 17.0. The molecule has 3 nitrogen and oxygen atoms in total. The predicted octanol–water partition coefficient (Wildman–Crippen LogP) is 5.03. The molecule has 2 heterocycles. The number of hydrogen-bond acceptors (Lipinski definition) is 3. The molecular weight excluding hydrogens is 264 g/mol. The van der Waals surface area contributed by atoms with Crippen molar-refractivity contribution in [3.05, 3.63) is 46.3 Å². The van der Waals surface area contributed by atoms with Crippen LogP contribution in [0.4, 0.5) is 0 Å². The maximum Gasteiger partial charge on any atom is 0.336 e. The van der Waals surface area contributed by atoms with E-state index in [1.807, 2.05) is 65.8 Å². The zero-order valence-corrected chi connectivity index (χ0v) is 13.7. The van der Waals surface area contributed by atoms with Crippen molar-refractivity contribution in [3.8, 4) is 5.75 Å². The second-order valence-corrected chi connectivity index (χ2v) is 4.69. The van der Waals surface area contributed by atoms with E-state index in [2.05, 4.69) is 0 Å². The number of rotatable bonds is 0. The van der Waals surface area contributed by atoms with Crippen molar-refractivity contribution >= 4 is 17.0 Å². The van der Waals surface area contributed by atoms with E-state index < -0.39 is 0 Å². The molecule has 0 spiro atoms. The molecule has 1 aliphatic heterocycles. The second kappa shape index (κ2) is 7.11. The van der Waals surface area contributed by atoms with Crippen molar-refractivity contribution < 1.29 is 9.15 Å². The minimum atomic E-state index is -0.343. The molecule has 1 aromatic carbocycles. The lowest BCUT2D eigenvalue weighted by Gasteiger charge is -2.27. The number of fused-ring (bicyclic) bond motifs is 3. The SMILES string of the molecule is CC.CC.CC1(C)C=Cc2c(ccc3ccc(=O)oc23)O1. The molecule has 0 aliphatic carbocycles. The van der Waals surface area contributed by atoms with E-state index >= 15 is 0 Å². The summed E-state index contributed by atoms with van der Waals surface area (Å²) < 4.78 is 11.1. The lowest BCUT2D eigenvalue weighted by Crippen LogP contribution is -2.27. The van der Waals surface area contributed by atoms with Crippen LogP contribution in [0.3, 0.4) is 0 Å². The Morgan fingerprint density at radius 3 is 2.24 bits per heavy atom. The highest BCUT2D eigenvalue weighted by Gasteiger charge is 2.23. The Balaban J connectivity index is 0.000000510. The Morgan fingerprint density at radius 2 is 1.57 bits per heavy atom. The topological polar surface area (TPSA) is 39.4 Å². The number of benzene rings is 1. The Kier molecular flexibility index (Phi) is 5.77. The van der Waals surface area contributed by atoms with Gasteiger partial charge in [0.1, 0.15) is 16.9 Å². The number of hydrogen-bond donors (Lipinski definition) is 0. The summed E-state index contributed by atoms with van der Waals surface area (Å²) in [5.41, 5.74) is 0.751. The van der Waals surface area contributed by atoms with Crippen LogP contribution in [0, 0.1) is 0 Å². The minimum Gasteiger partial charge on any atom is -0.483 e. The first-order chi connectivity index (χ1) is 10.1. The van der Waals surface area contributed by atoms with Crippen molar-refractivity contribution in [3.63, 3.8) is 0 Å². The van der Waals surface area contributed by atoms with Crippen LogP contribution in [0.25, 0.3) is 17.0 Å². The summed E-state index contributed by atoms with van der Waals surface area (Å²) in [6, 6.07) is 6.98. The lowest BCUT2D eigenvalue weighted by atomic mass is 10.0. The van der Waals surface area contributed by atoms with Gasteiger partial charge in [0.05, 0.1) is 5.56 Å². The molecule has 0 saturated carbocycles. The van der Waals surface area contributed by atoms with Gasteiger partial charge >= 0.3 is 5.63 Å². The van der Waals surface area contributed by atoms with Gasteiger partial charge in [-0.3, -0.25) is 0 Å². The van der Waals surface area contributed by atoms with Crippen LogP contribution in [-0.2, 0) is 0 Å². The third-order valence-corrected chi connectivity index (χ3v) is 2.81. The predicted molar refractivity (Wildman–Crippen MR) is 88.9 cm³/mol. The highest BCUT2D eigenvalue weighted by Crippen LogP contribution is 2.35. The summed E-state index contributed by atoms with van der Waals surface area (Å²) >= 11 is 0. The fourth-order valence-corrected chi connectivity index (χ4v) is 1.98. The van der Waals surface area contributed by atoms with Gasteiger partial charge in [-0.25, -0.2) is 4.79 Å². The second-order valence-electron chi connectivity index (χ2n) is 4.69. The highest BCUT2D eigenvalue weighted by atomic mass is 16.5. The largest absolute Gasteiger partial charge is 0.483 e. The summed E-state index contributed by atoms with van der Waals surface area (Å²) in [4.78, 5) is 11.3. The third kappa shape index (κ3) is 3.75. The van der Waals surface area contributed by atoms with Crippen LogP contribution in [0.5, 0.6) is 5.75 Å². The van der Waals surface area contributed by atoms with Gasteiger partial charge < -0.3 is 9.15 Å². The Morgan fingerprint density at radius 1 is 0.952 bits per heavy atom. The zero-order chi connectivity index (χ0) is 16.0. The van der Waals surface area contributed by atoms with E-state index in [1.165, 1.54) is 6.07 Å². The molecule has 0 amide bonds. The van der Waals surface area contributed by atoms with Crippen molar-refractivity contribution in [1.82, 2.24) is 0 Å². The molecule has 0 fully saturated rings. The molecule has 1 aliphatic rings. The van der Waals surface area contributed by atoms with Gasteiger partial charge in [0.15, 0.2) is 0 Å². The fourth-order valence-electron chi connectivity index (χ4n) is 1.98. The molecule has 0 unspecified atom stereocenters. The summed E-state index contributed by atoms with van der Waals surface area (Å²) in [5.74, 6) is 0.749. The van der Waals surface area contributed by atoms with Crippen molar-refractivity contribution in [2.75, 3.05) is 0 Å². The van der Waals surface area contributed by atoms with Gasteiger partial charge in [0.2, 0.25) is 0 Å². The van der Waals surface area contributed by atoms with Crippen molar-refractivity contribution in [2.45, 2.75) is 47.1 Å². The van der Waals surface area contributed by atoms with Gasteiger partial charge in [-0.2, -0.15) is 0 Å². The quantitative estimate of drug-likeness (QED) is 0.638. The van der Waals surface area contributed by atoms with E-state index in [9.17, 15) is 4.79 Å². The van der Waals surface area contributed by atoms with E-state index in [4.69, 9.17) is 9.15 Å². The molecule has 114 valence electrons. The van der Waals surface area contributed by atoms with E-state index in [0.717, 1.165) is 16.7 Å². The first-order valence-electron chi connectivity index (χ1n) is 7.50. The molecule has 0 N–H and O–H groups in total. The molecular formula is C18H24O3. The van der Waals surface area contributed by atoms with Gasteiger partial charge in [0, 0.05) is 11.5 Å². The van der Waals surface area contributed by atoms with Crippen molar-refractivity contribution in [2.24, 2.45) is 0 Å². The van der Waals surface area contributed by atoms with E-state index in [1.54, 1.807) is 6.07 Å². The smallest absolute Gasteiger partial charge is 0.336 e. The monoisotopic (exact) mass is 288 g/mol. The fraction of sp³-hybridized carbons (Fsp3) is 0.389. The van der Waals surface area contributed by atoms with Gasteiger partial charge in [0.25, 0.3) is 0 Å². The average molecular weight is 288 g/mol. The van der Waals surface area contributed by atoms with Crippen LogP contribution in [0.15, 0.2) is 39.6 Å². The van der Waals surface area contributed by atoms with Gasteiger partial charge in [-0.15, -0.1) is 0 Å². The van der Waals surface area contributed by atoms with Gasteiger partial charge in [-0.05, 0) is 44.2 Å². The first-order valence-corrected chi connectivity index (χ1v) is 7.50. The Hall–Kier alpha value is -2.03. The van der Waals surface area contributed by atoms with Crippen LogP contribution >= 0.6 is 0 Å². The molecule has 1 aromatic heterocycles. The van der Waals surface area contributed by atoms with Crippen LogP contribution in [-0.4, -0.2) is 5.60 Å². The third-order valence-electron chi connectivity index (χ3n) is 2.81. The molecule has 0 saturated heterocycles. The molecule has 3 heteroatoms. The molecule has 0 atom stereocenters. The standard InChI is InChI=1S/C14H12O3.2C2H6/c1-14(2)8-7-10-11(17-14)5-3-9-4-6-12(15)16-13(9)10;2*1-2/h3-8H,1-2H3;2*1-2H3. The summed E-state index contributed by atoms with van der Waals surface area (Å²) in [6.07, 6.45) is 3.91. The number of ether oxygens (including phenoxy) is 1. The van der Waals surface area contributed by atoms with Crippen LogP contribution in [0.1, 0.15) is 47.1 Å². The van der Waals surface area contributed by atoms with Crippen LogP contribution in [0.2, 0.25) is 0 Å². The summed E-state index contributed by atoms with van der Waals surface area (Å²) in [7, 11) is 0. The zero-order valence-electron chi connectivity index (χ0n) is 13.7. The molecule has 21 heavy (non-hydrogen) atoms. The van der Waals surface area contributed by atoms with Crippen molar-refractivity contribution in [1.29, 1.82) is 0 Å². The summed E-state index contributed by atoms with van der Waals surface area (Å²) in [6.45, 7) is 12.0. The maximum absolute atomic E-state index is 11.3. The normalized spacial score (nSPS) is 14.0. The Labute approximate surface area is 126 Å². The average Bonchev–Trinajstić information content (AvgIpc) is 2.50. The minimum absolute atomic E-state index is 0.324. The molecule has 3 rings (SSSR count).